The zero-order valence-electron chi connectivity index (χ0n) is 17.7. The molecule has 3 aromatic rings. The highest BCUT2D eigenvalue weighted by Gasteiger charge is 2.39. The Morgan fingerprint density at radius 2 is 1.73 bits per heavy atom. The highest BCUT2D eigenvalue weighted by Crippen LogP contribution is 2.36. The Labute approximate surface area is 177 Å². The maximum Gasteiger partial charge on any atom is 0.247 e. The van der Waals surface area contributed by atoms with Crippen LogP contribution in [0.5, 0.6) is 0 Å². The fourth-order valence-electron chi connectivity index (χ4n) is 4.08. The van der Waals surface area contributed by atoms with Crippen LogP contribution in [0.3, 0.4) is 0 Å². The van der Waals surface area contributed by atoms with E-state index in [4.69, 9.17) is 4.42 Å². The number of aryl methyl sites for hydroxylation is 2. The minimum atomic E-state index is -3.55. The first-order valence-corrected chi connectivity index (χ1v) is 11.7. The van der Waals surface area contributed by atoms with Crippen molar-refractivity contribution in [3.63, 3.8) is 0 Å². The number of pyridine rings is 1. The molecule has 1 atom stereocenters. The fraction of sp³-hybridized carbons (Fsp3) is 0.409. The summed E-state index contributed by atoms with van der Waals surface area (Å²) in [4.78, 5) is 3.99. The summed E-state index contributed by atoms with van der Waals surface area (Å²) in [6, 6.07) is 5.25. The van der Waals surface area contributed by atoms with Gasteiger partial charge >= 0.3 is 0 Å². The lowest BCUT2D eigenvalue weighted by Crippen LogP contribution is -2.32. The third-order valence-electron chi connectivity index (χ3n) is 6.06. The van der Waals surface area contributed by atoms with E-state index in [0.717, 1.165) is 39.8 Å². The van der Waals surface area contributed by atoms with Gasteiger partial charge in [0.05, 0.1) is 5.75 Å². The van der Waals surface area contributed by atoms with Gasteiger partial charge in [-0.15, -0.1) is 10.2 Å². The van der Waals surface area contributed by atoms with Gasteiger partial charge in [0.2, 0.25) is 21.8 Å². The molecule has 0 aliphatic carbocycles. The maximum atomic E-state index is 13.4. The molecule has 2 aromatic heterocycles. The predicted molar refractivity (Wildman–Crippen MR) is 114 cm³/mol. The van der Waals surface area contributed by atoms with Gasteiger partial charge in [-0.25, -0.2) is 8.42 Å². The molecular formula is C22H26N4O3S. The Kier molecular flexibility index (Phi) is 5.46. The van der Waals surface area contributed by atoms with E-state index in [-0.39, 0.29) is 5.75 Å². The van der Waals surface area contributed by atoms with Crippen LogP contribution in [0, 0.1) is 27.7 Å². The molecule has 1 saturated heterocycles. The van der Waals surface area contributed by atoms with Crippen molar-refractivity contribution in [1.82, 2.24) is 19.5 Å². The number of hydrogen-bond acceptors (Lipinski definition) is 6. The molecule has 0 saturated carbocycles. The highest BCUT2D eigenvalue weighted by molar-refractivity contribution is 7.88. The average Bonchev–Trinajstić information content (AvgIpc) is 3.40. The third kappa shape index (κ3) is 3.77. The summed E-state index contributed by atoms with van der Waals surface area (Å²) in [5.41, 5.74) is 5.95. The van der Waals surface area contributed by atoms with Crippen molar-refractivity contribution in [3.8, 4) is 11.5 Å². The zero-order chi connectivity index (χ0) is 21.5. The highest BCUT2D eigenvalue weighted by atomic mass is 32.2. The summed E-state index contributed by atoms with van der Waals surface area (Å²) in [5.74, 6) is 0.698. The summed E-state index contributed by atoms with van der Waals surface area (Å²) >= 11 is 0. The molecule has 0 spiro atoms. The molecule has 0 radical (unpaired) electrons. The average molecular weight is 427 g/mol. The van der Waals surface area contributed by atoms with Crippen LogP contribution in [0.1, 0.15) is 52.6 Å². The Balaban J connectivity index is 1.63. The van der Waals surface area contributed by atoms with Gasteiger partial charge in [0.15, 0.2) is 0 Å². The van der Waals surface area contributed by atoms with Crippen LogP contribution in [0.15, 0.2) is 35.0 Å². The molecular weight excluding hydrogens is 400 g/mol. The second-order valence-corrected chi connectivity index (χ2v) is 9.87. The molecule has 7 nitrogen and oxygen atoms in total. The fourth-order valence-corrected chi connectivity index (χ4v) is 6.03. The van der Waals surface area contributed by atoms with Crippen molar-refractivity contribution in [1.29, 1.82) is 0 Å². The summed E-state index contributed by atoms with van der Waals surface area (Å²) in [6.07, 6.45) is 4.74. The molecule has 8 heteroatoms. The quantitative estimate of drug-likeness (QED) is 0.612. The van der Waals surface area contributed by atoms with Crippen LogP contribution in [0.25, 0.3) is 11.5 Å². The van der Waals surface area contributed by atoms with E-state index < -0.39 is 16.1 Å². The van der Waals surface area contributed by atoms with E-state index in [2.05, 4.69) is 21.2 Å². The lowest BCUT2D eigenvalue weighted by molar-refractivity contribution is 0.332. The molecule has 3 heterocycles. The maximum absolute atomic E-state index is 13.4. The lowest BCUT2D eigenvalue weighted by atomic mass is 9.95. The molecule has 4 rings (SSSR count). The predicted octanol–water partition coefficient (Wildman–Crippen LogP) is 4.03. The first kappa shape index (κ1) is 20.7. The van der Waals surface area contributed by atoms with Crippen LogP contribution in [0.2, 0.25) is 0 Å². The summed E-state index contributed by atoms with van der Waals surface area (Å²) in [6.45, 7) is 8.49. The minimum Gasteiger partial charge on any atom is -0.419 e. The normalized spacial score (nSPS) is 17.5. The van der Waals surface area contributed by atoms with E-state index in [1.54, 1.807) is 24.5 Å². The van der Waals surface area contributed by atoms with Gasteiger partial charge in [-0.05, 0) is 80.5 Å². The lowest BCUT2D eigenvalue weighted by Gasteiger charge is -2.23. The Hall–Kier alpha value is -2.58. The molecule has 30 heavy (non-hydrogen) atoms. The Bertz CT molecular complexity index is 1150. The molecule has 0 bridgehead atoms. The molecule has 1 aliphatic heterocycles. The number of sulfonamides is 1. The van der Waals surface area contributed by atoms with E-state index in [0.29, 0.717) is 24.7 Å². The van der Waals surface area contributed by atoms with Crippen LogP contribution in [-0.2, 0) is 15.8 Å². The van der Waals surface area contributed by atoms with Gasteiger partial charge in [-0.1, -0.05) is 6.07 Å². The topological polar surface area (TPSA) is 89.2 Å². The van der Waals surface area contributed by atoms with Gasteiger partial charge in [0.25, 0.3) is 0 Å². The molecule has 1 unspecified atom stereocenters. The molecule has 1 fully saturated rings. The smallest absolute Gasteiger partial charge is 0.247 e. The Morgan fingerprint density at radius 3 is 2.40 bits per heavy atom. The number of nitrogens with zero attached hydrogens (tertiary/aromatic N) is 4. The Morgan fingerprint density at radius 1 is 1.07 bits per heavy atom. The minimum absolute atomic E-state index is 0.0188. The first-order valence-electron chi connectivity index (χ1n) is 10.1. The molecule has 0 N–H and O–H groups in total. The monoisotopic (exact) mass is 426 g/mol. The van der Waals surface area contributed by atoms with Crippen molar-refractivity contribution in [2.24, 2.45) is 0 Å². The van der Waals surface area contributed by atoms with Crippen LogP contribution in [0.4, 0.5) is 0 Å². The van der Waals surface area contributed by atoms with Crippen molar-refractivity contribution in [2.75, 3.05) is 6.54 Å². The zero-order valence-corrected chi connectivity index (χ0v) is 18.5. The van der Waals surface area contributed by atoms with Crippen LogP contribution < -0.4 is 0 Å². The van der Waals surface area contributed by atoms with Crippen molar-refractivity contribution >= 4 is 10.0 Å². The molecule has 1 aliphatic rings. The second-order valence-electron chi connectivity index (χ2n) is 7.95. The van der Waals surface area contributed by atoms with E-state index in [9.17, 15) is 8.42 Å². The van der Waals surface area contributed by atoms with E-state index in [1.807, 2.05) is 27.7 Å². The molecule has 158 valence electrons. The number of hydrogen-bond donors (Lipinski definition) is 0. The summed E-state index contributed by atoms with van der Waals surface area (Å²) in [7, 11) is -3.55. The summed E-state index contributed by atoms with van der Waals surface area (Å²) in [5, 5.41) is 8.28. The largest absolute Gasteiger partial charge is 0.419 e. The van der Waals surface area contributed by atoms with Gasteiger partial charge in [0.1, 0.15) is 6.04 Å². The van der Waals surface area contributed by atoms with Gasteiger partial charge < -0.3 is 4.42 Å². The van der Waals surface area contributed by atoms with Crippen molar-refractivity contribution < 1.29 is 12.8 Å². The summed E-state index contributed by atoms with van der Waals surface area (Å²) < 4.78 is 34.2. The molecule has 0 amide bonds. The van der Waals surface area contributed by atoms with Crippen molar-refractivity contribution in [2.45, 2.75) is 52.3 Å². The SMILES string of the molecule is Cc1cc(C)c(C)c(CS(=O)(=O)N2CCCC2c2nnc(-c3ccncc3)o2)c1C. The third-order valence-corrected chi connectivity index (χ3v) is 7.87. The number of benzene rings is 1. The van der Waals surface area contributed by atoms with Gasteiger partial charge in [0, 0.05) is 24.5 Å². The van der Waals surface area contributed by atoms with Crippen LogP contribution >= 0.6 is 0 Å². The first-order chi connectivity index (χ1) is 14.3. The number of aromatic nitrogens is 3. The second kappa shape index (κ2) is 7.92. The van der Waals surface area contributed by atoms with Gasteiger partial charge in [-0.3, -0.25) is 4.98 Å². The molecule has 1 aromatic carbocycles. The standard InChI is InChI=1S/C22H26N4O3S/c1-14-12-15(2)17(4)19(16(14)3)13-30(27,28)26-11-5-6-20(26)22-25-24-21(29-22)18-7-9-23-10-8-18/h7-10,12,20H,5-6,11,13H2,1-4H3. The van der Waals surface area contributed by atoms with Crippen LogP contribution in [-0.4, -0.2) is 34.4 Å². The van der Waals surface area contributed by atoms with E-state index in [1.165, 1.54) is 4.31 Å². The van der Waals surface area contributed by atoms with Gasteiger partial charge in [-0.2, -0.15) is 4.31 Å². The van der Waals surface area contributed by atoms with E-state index >= 15 is 0 Å². The number of rotatable bonds is 5. The van der Waals surface area contributed by atoms with Crippen molar-refractivity contribution in [3.05, 3.63) is 64.3 Å².